The lowest BCUT2D eigenvalue weighted by atomic mass is 10.0. The lowest BCUT2D eigenvalue weighted by Crippen LogP contribution is -2.42. The van der Waals surface area contributed by atoms with Crippen LogP contribution in [0.4, 0.5) is 4.79 Å². The summed E-state index contributed by atoms with van der Waals surface area (Å²) in [6, 6.07) is 9.56. The van der Waals surface area contributed by atoms with Crippen molar-refractivity contribution in [2.75, 3.05) is 32.9 Å². The van der Waals surface area contributed by atoms with Crippen LogP contribution in [0.3, 0.4) is 0 Å². The summed E-state index contributed by atoms with van der Waals surface area (Å²) in [5.41, 5.74) is -0.120. The maximum Gasteiger partial charge on any atom is 0.410 e. The van der Waals surface area contributed by atoms with Gasteiger partial charge in [0.1, 0.15) is 13.2 Å². The molecule has 0 radical (unpaired) electrons. The number of aliphatic hydroxyl groups is 1. The minimum atomic E-state index is -1.08. The molecule has 1 aromatic rings. The third kappa shape index (κ3) is 7.80. The molecule has 0 spiro atoms. The van der Waals surface area contributed by atoms with Gasteiger partial charge in [0.25, 0.3) is 0 Å². The smallest absolute Gasteiger partial charge is 0.410 e. The average Bonchev–Trinajstić information content (AvgIpc) is 2.70. The molecule has 0 aliphatic rings. The highest BCUT2D eigenvalue weighted by Gasteiger charge is 2.34. The van der Waals surface area contributed by atoms with E-state index in [9.17, 15) is 9.59 Å². The van der Waals surface area contributed by atoms with Crippen LogP contribution in [0.5, 0.6) is 0 Å². The first kappa shape index (κ1) is 22.7. The molecule has 150 valence electrons. The Morgan fingerprint density at radius 1 is 1.22 bits per heavy atom. The molecule has 0 heterocycles. The van der Waals surface area contributed by atoms with Crippen LogP contribution in [0.2, 0.25) is 0 Å². The molecule has 1 aromatic carbocycles. The summed E-state index contributed by atoms with van der Waals surface area (Å²) in [6.07, 6.45) is 1.30. The molecule has 1 unspecified atom stereocenters. The van der Waals surface area contributed by atoms with Crippen molar-refractivity contribution in [3.8, 4) is 0 Å². The molecule has 27 heavy (non-hydrogen) atoms. The maximum atomic E-state index is 12.5. The third-order valence-electron chi connectivity index (χ3n) is 4.05. The van der Waals surface area contributed by atoms with E-state index in [4.69, 9.17) is 19.3 Å². The summed E-state index contributed by atoms with van der Waals surface area (Å²) >= 11 is 0. The molecule has 0 bridgehead atoms. The summed E-state index contributed by atoms with van der Waals surface area (Å²) < 4.78 is 16.0. The van der Waals surface area contributed by atoms with Crippen molar-refractivity contribution >= 4 is 12.1 Å². The zero-order valence-electron chi connectivity index (χ0n) is 16.1. The standard InChI is InChI=1S/C20H29NO6/c1-4-14-26-19(24)21(11-13-22)12-15-25-18(23)20(3,5-2)27-16-17-9-7-6-8-10-17/h4,6-10,22H,1,5,11-16H2,2-3H3. The van der Waals surface area contributed by atoms with Gasteiger partial charge in [0.2, 0.25) is 0 Å². The number of hydrogen-bond acceptors (Lipinski definition) is 6. The van der Waals surface area contributed by atoms with E-state index in [2.05, 4.69) is 6.58 Å². The molecular weight excluding hydrogens is 350 g/mol. The Kier molecular flexibility index (Phi) is 10.1. The van der Waals surface area contributed by atoms with Gasteiger partial charge >= 0.3 is 12.1 Å². The van der Waals surface area contributed by atoms with Crippen molar-refractivity contribution in [1.29, 1.82) is 0 Å². The van der Waals surface area contributed by atoms with E-state index in [-0.39, 0.29) is 32.9 Å². The highest BCUT2D eigenvalue weighted by atomic mass is 16.6. The Morgan fingerprint density at radius 3 is 2.52 bits per heavy atom. The van der Waals surface area contributed by atoms with E-state index >= 15 is 0 Å². The zero-order chi connectivity index (χ0) is 20.1. The Labute approximate surface area is 160 Å². The van der Waals surface area contributed by atoms with E-state index in [1.807, 2.05) is 37.3 Å². The highest BCUT2D eigenvalue weighted by Crippen LogP contribution is 2.19. The fraction of sp³-hybridized carbons (Fsp3) is 0.500. The topological polar surface area (TPSA) is 85.3 Å². The molecule has 0 saturated carbocycles. The summed E-state index contributed by atoms with van der Waals surface area (Å²) in [5.74, 6) is -0.496. The summed E-state index contributed by atoms with van der Waals surface area (Å²) in [5, 5.41) is 9.07. The van der Waals surface area contributed by atoms with Crippen molar-refractivity contribution < 1.29 is 28.9 Å². The minimum Gasteiger partial charge on any atom is -0.462 e. The second-order valence-corrected chi connectivity index (χ2v) is 6.07. The van der Waals surface area contributed by atoms with E-state index in [1.54, 1.807) is 6.92 Å². The van der Waals surface area contributed by atoms with Gasteiger partial charge in [0, 0.05) is 6.54 Å². The third-order valence-corrected chi connectivity index (χ3v) is 4.05. The van der Waals surface area contributed by atoms with Crippen LogP contribution in [-0.2, 0) is 25.6 Å². The molecular formula is C20H29NO6. The van der Waals surface area contributed by atoms with Crippen LogP contribution >= 0.6 is 0 Å². The Balaban J connectivity index is 2.52. The summed E-state index contributed by atoms with van der Waals surface area (Å²) in [4.78, 5) is 25.6. The van der Waals surface area contributed by atoms with Gasteiger partial charge in [0.05, 0.1) is 19.8 Å². The number of benzene rings is 1. The van der Waals surface area contributed by atoms with Gasteiger partial charge in [-0.3, -0.25) is 0 Å². The predicted octanol–water partition coefficient (Wildman–Crippen LogP) is 2.53. The molecule has 0 aliphatic heterocycles. The van der Waals surface area contributed by atoms with E-state index in [0.29, 0.717) is 13.0 Å². The number of rotatable bonds is 12. The van der Waals surface area contributed by atoms with Crippen LogP contribution in [0.25, 0.3) is 0 Å². The van der Waals surface area contributed by atoms with Gasteiger partial charge in [-0.05, 0) is 18.9 Å². The lowest BCUT2D eigenvalue weighted by Gasteiger charge is -2.27. The normalized spacial score (nSPS) is 12.7. The second-order valence-electron chi connectivity index (χ2n) is 6.07. The van der Waals surface area contributed by atoms with Crippen molar-refractivity contribution in [2.24, 2.45) is 0 Å². The van der Waals surface area contributed by atoms with Crippen LogP contribution in [0, 0.1) is 0 Å². The van der Waals surface area contributed by atoms with E-state index in [1.165, 1.54) is 11.0 Å². The summed E-state index contributed by atoms with van der Waals surface area (Å²) in [6.45, 7) is 7.32. The number of amides is 1. The quantitative estimate of drug-likeness (QED) is 0.444. The fourth-order valence-corrected chi connectivity index (χ4v) is 2.16. The lowest BCUT2D eigenvalue weighted by molar-refractivity contribution is -0.173. The van der Waals surface area contributed by atoms with Gasteiger partial charge in [-0.1, -0.05) is 49.9 Å². The number of carbonyl (C=O) groups is 2. The second kappa shape index (κ2) is 12.1. The van der Waals surface area contributed by atoms with Gasteiger partial charge in [0.15, 0.2) is 5.60 Å². The molecule has 1 atom stereocenters. The monoisotopic (exact) mass is 379 g/mol. The first-order valence-corrected chi connectivity index (χ1v) is 8.95. The molecule has 0 saturated heterocycles. The Morgan fingerprint density at radius 2 is 1.93 bits per heavy atom. The molecule has 7 heteroatoms. The SMILES string of the molecule is C=CCOC(=O)N(CCO)CCOC(=O)C(C)(CC)OCc1ccccc1. The number of nitrogens with zero attached hydrogens (tertiary/aromatic N) is 1. The first-order chi connectivity index (χ1) is 13.0. The van der Waals surface area contributed by atoms with Crippen molar-refractivity contribution in [2.45, 2.75) is 32.5 Å². The molecule has 1 amide bonds. The van der Waals surface area contributed by atoms with E-state index in [0.717, 1.165) is 5.56 Å². The average molecular weight is 379 g/mol. The number of carbonyl (C=O) groups excluding carboxylic acids is 2. The van der Waals surface area contributed by atoms with Crippen LogP contribution in [0.15, 0.2) is 43.0 Å². The summed E-state index contributed by atoms with van der Waals surface area (Å²) in [7, 11) is 0. The minimum absolute atomic E-state index is 0.0215. The van der Waals surface area contributed by atoms with E-state index < -0.39 is 17.7 Å². The van der Waals surface area contributed by atoms with Crippen LogP contribution in [-0.4, -0.2) is 60.6 Å². The highest BCUT2D eigenvalue weighted by molar-refractivity contribution is 5.79. The molecule has 7 nitrogen and oxygen atoms in total. The van der Waals surface area contributed by atoms with Gasteiger partial charge in [-0.2, -0.15) is 0 Å². The van der Waals surface area contributed by atoms with Crippen molar-refractivity contribution in [3.05, 3.63) is 48.6 Å². The number of ether oxygens (including phenoxy) is 3. The van der Waals surface area contributed by atoms with Crippen molar-refractivity contribution in [3.63, 3.8) is 0 Å². The molecule has 0 aliphatic carbocycles. The molecule has 0 aromatic heterocycles. The number of hydrogen-bond donors (Lipinski definition) is 1. The maximum absolute atomic E-state index is 12.5. The fourth-order valence-electron chi connectivity index (χ4n) is 2.16. The Bertz CT molecular complexity index is 591. The van der Waals surface area contributed by atoms with Gasteiger partial charge < -0.3 is 24.2 Å². The molecule has 1 rings (SSSR count). The Hall–Kier alpha value is -2.38. The number of aliphatic hydroxyl groups excluding tert-OH is 1. The van der Waals surface area contributed by atoms with Gasteiger partial charge in [-0.25, -0.2) is 9.59 Å². The van der Waals surface area contributed by atoms with Gasteiger partial charge in [-0.15, -0.1) is 0 Å². The van der Waals surface area contributed by atoms with Crippen LogP contribution < -0.4 is 0 Å². The molecule has 1 N–H and O–H groups in total. The number of esters is 1. The van der Waals surface area contributed by atoms with Crippen LogP contribution in [0.1, 0.15) is 25.8 Å². The molecule has 0 fully saturated rings. The first-order valence-electron chi connectivity index (χ1n) is 8.95. The zero-order valence-corrected chi connectivity index (χ0v) is 16.1. The largest absolute Gasteiger partial charge is 0.462 e. The van der Waals surface area contributed by atoms with Crippen molar-refractivity contribution in [1.82, 2.24) is 4.90 Å². The predicted molar refractivity (Wildman–Crippen MR) is 101 cm³/mol.